The van der Waals surface area contributed by atoms with Gasteiger partial charge in [0.25, 0.3) is 10.0 Å². The fourth-order valence-electron chi connectivity index (χ4n) is 2.69. The minimum absolute atomic E-state index is 0.00613. The van der Waals surface area contributed by atoms with Crippen LogP contribution in [0.1, 0.15) is 5.56 Å². The number of benzene rings is 3. The van der Waals surface area contributed by atoms with Crippen LogP contribution in [0.25, 0.3) is 0 Å². The zero-order valence-corrected chi connectivity index (χ0v) is 16.5. The lowest BCUT2D eigenvalue weighted by atomic mass is 10.1. The summed E-state index contributed by atoms with van der Waals surface area (Å²) in [5.74, 6) is 0. The fourth-order valence-corrected chi connectivity index (χ4v) is 3.99. The molecule has 3 N–H and O–H groups in total. The fraction of sp³-hybridized carbons (Fsp3) is 0. The van der Waals surface area contributed by atoms with E-state index in [-0.39, 0.29) is 32.5 Å². The molecule has 3 aromatic carbocycles. The number of nitrogens with zero attached hydrogens (tertiary/aromatic N) is 2. The predicted molar refractivity (Wildman–Crippen MR) is 112 cm³/mol. The van der Waals surface area contributed by atoms with Gasteiger partial charge in [-0.3, -0.25) is 9.62 Å². The number of nitriles is 1. The maximum atomic E-state index is 12.8. The zero-order valence-electron chi connectivity index (χ0n) is 14.9. The Labute approximate surface area is 173 Å². The highest BCUT2D eigenvalue weighted by molar-refractivity contribution is 7.92. The van der Waals surface area contributed by atoms with Gasteiger partial charge in [-0.2, -0.15) is 5.26 Å². The predicted octanol–water partition coefficient (Wildman–Crippen LogP) is 4.23. The zero-order chi connectivity index (χ0) is 21.0. The molecule has 0 aliphatic carbocycles. The van der Waals surface area contributed by atoms with E-state index >= 15 is 0 Å². The smallest absolute Gasteiger partial charge is 0.324 e. The second kappa shape index (κ2) is 8.22. The molecule has 0 radical (unpaired) electrons. The topological polar surface area (TPSA) is 116 Å². The van der Waals surface area contributed by atoms with Gasteiger partial charge in [-0.15, -0.1) is 0 Å². The molecule has 0 saturated carbocycles. The Hall–Kier alpha value is -3.54. The van der Waals surface area contributed by atoms with Crippen molar-refractivity contribution in [2.75, 3.05) is 9.62 Å². The first kappa shape index (κ1) is 20.2. The van der Waals surface area contributed by atoms with Crippen molar-refractivity contribution in [3.8, 4) is 6.07 Å². The van der Waals surface area contributed by atoms with Gasteiger partial charge in [0.1, 0.15) is 0 Å². The van der Waals surface area contributed by atoms with Gasteiger partial charge >= 0.3 is 6.03 Å². The van der Waals surface area contributed by atoms with Crippen LogP contribution in [0, 0.1) is 11.3 Å². The lowest BCUT2D eigenvalue weighted by Gasteiger charge is -2.25. The molecule has 0 fully saturated rings. The van der Waals surface area contributed by atoms with Crippen LogP contribution in [0.5, 0.6) is 0 Å². The van der Waals surface area contributed by atoms with Gasteiger partial charge in [0.15, 0.2) is 0 Å². The lowest BCUT2D eigenvalue weighted by molar-refractivity contribution is 0.256. The number of nitrogens with two attached hydrogens (primary N) is 1. The van der Waals surface area contributed by atoms with Crippen LogP contribution in [0.15, 0.2) is 77.7 Å². The van der Waals surface area contributed by atoms with Gasteiger partial charge in [0.05, 0.1) is 38.6 Å². The molecule has 0 aliphatic heterocycles. The standard InChI is InChI=1S/C20H15ClN4O3S/c21-16-8-4-5-9-18(16)25(20(23)26)19-11-10-14(13-22)12-17(19)24-29(27,28)15-6-2-1-3-7-15/h1-12,24H,(H2,23,26). The molecule has 3 aromatic rings. The monoisotopic (exact) mass is 426 g/mol. The molecule has 0 atom stereocenters. The number of para-hydroxylation sites is 1. The van der Waals surface area contributed by atoms with E-state index in [2.05, 4.69) is 4.72 Å². The summed E-state index contributed by atoms with van der Waals surface area (Å²) in [7, 11) is -3.98. The summed E-state index contributed by atoms with van der Waals surface area (Å²) in [4.78, 5) is 13.3. The Morgan fingerprint density at radius 1 is 1.00 bits per heavy atom. The molecule has 0 heterocycles. The first-order valence-corrected chi connectivity index (χ1v) is 10.2. The van der Waals surface area contributed by atoms with Crippen molar-refractivity contribution in [3.63, 3.8) is 0 Å². The second-order valence-corrected chi connectivity index (χ2v) is 7.98. The highest BCUT2D eigenvalue weighted by Crippen LogP contribution is 2.37. The Morgan fingerprint density at radius 3 is 2.28 bits per heavy atom. The number of carbonyl (C=O) groups excluding carboxylic acids is 1. The molecule has 7 nitrogen and oxygen atoms in total. The highest BCUT2D eigenvalue weighted by Gasteiger charge is 2.24. The van der Waals surface area contributed by atoms with Crippen LogP contribution in [0.2, 0.25) is 5.02 Å². The van der Waals surface area contributed by atoms with E-state index in [0.717, 1.165) is 4.90 Å². The number of hydrogen-bond donors (Lipinski definition) is 2. The molecule has 0 unspecified atom stereocenters. The lowest BCUT2D eigenvalue weighted by Crippen LogP contribution is -2.32. The summed E-state index contributed by atoms with van der Waals surface area (Å²) in [5.41, 5.74) is 6.17. The minimum Gasteiger partial charge on any atom is -0.351 e. The maximum absolute atomic E-state index is 12.8. The molecular weight excluding hydrogens is 412 g/mol. The average molecular weight is 427 g/mol. The van der Waals surface area contributed by atoms with Gasteiger partial charge in [-0.25, -0.2) is 13.2 Å². The largest absolute Gasteiger partial charge is 0.351 e. The first-order chi connectivity index (χ1) is 13.8. The highest BCUT2D eigenvalue weighted by atomic mass is 35.5. The molecule has 9 heteroatoms. The molecule has 0 saturated heterocycles. The van der Waals surface area contributed by atoms with E-state index in [0.29, 0.717) is 0 Å². The third-order valence-electron chi connectivity index (χ3n) is 3.98. The molecule has 0 aliphatic rings. The van der Waals surface area contributed by atoms with Crippen molar-refractivity contribution in [3.05, 3.63) is 83.4 Å². The summed E-state index contributed by atoms with van der Waals surface area (Å²) >= 11 is 6.21. The molecule has 3 rings (SSSR count). The summed E-state index contributed by atoms with van der Waals surface area (Å²) in [6.07, 6.45) is 0. The van der Waals surface area contributed by atoms with Crippen molar-refractivity contribution in [2.45, 2.75) is 4.90 Å². The summed E-state index contributed by atoms with van der Waals surface area (Å²) < 4.78 is 28.0. The van der Waals surface area contributed by atoms with Crippen LogP contribution < -0.4 is 15.4 Å². The number of hydrogen-bond acceptors (Lipinski definition) is 4. The molecule has 0 bridgehead atoms. The number of halogens is 1. The molecule has 0 spiro atoms. The van der Waals surface area contributed by atoms with Gasteiger partial charge in [-0.1, -0.05) is 41.9 Å². The van der Waals surface area contributed by atoms with Crippen molar-refractivity contribution in [1.82, 2.24) is 0 Å². The van der Waals surface area contributed by atoms with E-state index in [9.17, 15) is 18.5 Å². The number of sulfonamides is 1. The minimum atomic E-state index is -3.98. The van der Waals surface area contributed by atoms with E-state index in [1.165, 1.54) is 30.3 Å². The third-order valence-corrected chi connectivity index (χ3v) is 5.68. The first-order valence-electron chi connectivity index (χ1n) is 8.29. The summed E-state index contributed by atoms with van der Waals surface area (Å²) in [5, 5.41) is 9.47. The number of primary amides is 1. The van der Waals surface area contributed by atoms with Crippen LogP contribution in [-0.4, -0.2) is 14.4 Å². The van der Waals surface area contributed by atoms with Crippen molar-refractivity contribution in [2.24, 2.45) is 5.73 Å². The van der Waals surface area contributed by atoms with Crippen LogP contribution in [-0.2, 0) is 10.0 Å². The number of rotatable bonds is 5. The third kappa shape index (κ3) is 4.32. The Bertz CT molecular complexity index is 1210. The molecule has 29 heavy (non-hydrogen) atoms. The van der Waals surface area contributed by atoms with E-state index in [1.807, 2.05) is 6.07 Å². The summed E-state index contributed by atoms with van der Waals surface area (Å²) in [6, 6.07) is 19.5. The van der Waals surface area contributed by atoms with Gasteiger partial charge < -0.3 is 5.73 Å². The number of urea groups is 1. The van der Waals surface area contributed by atoms with Gasteiger partial charge in [0, 0.05) is 0 Å². The number of carbonyl (C=O) groups is 1. The molecule has 0 aromatic heterocycles. The Morgan fingerprint density at radius 2 is 1.66 bits per heavy atom. The number of nitrogens with one attached hydrogen (secondary N) is 1. The molecule has 2 amide bonds. The number of amides is 2. The van der Waals surface area contributed by atoms with Gasteiger partial charge in [0.2, 0.25) is 0 Å². The maximum Gasteiger partial charge on any atom is 0.324 e. The van der Waals surface area contributed by atoms with Crippen molar-refractivity contribution in [1.29, 1.82) is 5.26 Å². The van der Waals surface area contributed by atoms with Gasteiger partial charge in [-0.05, 0) is 42.5 Å². The summed E-state index contributed by atoms with van der Waals surface area (Å²) in [6.45, 7) is 0. The van der Waals surface area contributed by atoms with Crippen molar-refractivity contribution < 1.29 is 13.2 Å². The SMILES string of the molecule is N#Cc1ccc(N(C(N)=O)c2ccccc2Cl)c(NS(=O)(=O)c2ccccc2)c1. The Balaban J connectivity index is 2.16. The van der Waals surface area contributed by atoms with E-state index < -0.39 is 16.1 Å². The molecular formula is C20H15ClN4O3S. The van der Waals surface area contributed by atoms with Crippen LogP contribution in [0.3, 0.4) is 0 Å². The number of anilines is 3. The second-order valence-electron chi connectivity index (χ2n) is 5.89. The quantitative estimate of drug-likeness (QED) is 0.634. The normalized spacial score (nSPS) is 10.8. The van der Waals surface area contributed by atoms with Crippen molar-refractivity contribution >= 4 is 44.7 Å². The average Bonchev–Trinajstić information content (AvgIpc) is 2.71. The van der Waals surface area contributed by atoms with E-state index in [1.54, 1.807) is 42.5 Å². The van der Waals surface area contributed by atoms with Crippen LogP contribution in [0.4, 0.5) is 21.9 Å². The van der Waals surface area contributed by atoms with Crippen LogP contribution >= 0.6 is 11.6 Å². The molecule has 146 valence electrons. The van der Waals surface area contributed by atoms with E-state index in [4.69, 9.17) is 17.3 Å². The Kier molecular flexibility index (Phi) is 5.73.